The van der Waals surface area contributed by atoms with Crippen molar-refractivity contribution >= 4 is 34.8 Å². The van der Waals surface area contributed by atoms with E-state index >= 15 is 0 Å². The van der Waals surface area contributed by atoms with Crippen molar-refractivity contribution in [1.82, 2.24) is 4.98 Å². The number of anilines is 1. The Morgan fingerprint density at radius 1 is 1.24 bits per heavy atom. The SMILES string of the molecule is CC(C)Oc1ccc(NC(=O)c2cc(Cl)ccn2)cc1Cl. The van der Waals surface area contributed by atoms with Crippen molar-refractivity contribution in [2.75, 3.05) is 5.32 Å². The van der Waals surface area contributed by atoms with Crippen molar-refractivity contribution in [3.8, 4) is 5.75 Å². The maximum Gasteiger partial charge on any atom is 0.274 e. The molecule has 1 aromatic carbocycles. The first-order valence-electron chi connectivity index (χ1n) is 6.35. The molecule has 0 aliphatic rings. The molecule has 0 saturated carbocycles. The Kier molecular flexibility index (Phi) is 5.04. The van der Waals surface area contributed by atoms with Crippen LogP contribution in [-0.2, 0) is 0 Å². The molecule has 1 amide bonds. The van der Waals surface area contributed by atoms with E-state index in [-0.39, 0.29) is 17.7 Å². The summed E-state index contributed by atoms with van der Waals surface area (Å²) in [6.45, 7) is 3.83. The predicted octanol–water partition coefficient (Wildman–Crippen LogP) is 4.43. The molecule has 0 fully saturated rings. The highest BCUT2D eigenvalue weighted by Crippen LogP contribution is 2.28. The van der Waals surface area contributed by atoms with Gasteiger partial charge >= 0.3 is 0 Å². The Bertz CT molecular complexity index is 660. The van der Waals surface area contributed by atoms with Crippen molar-refractivity contribution in [3.05, 3.63) is 52.3 Å². The van der Waals surface area contributed by atoms with Crippen LogP contribution in [0, 0.1) is 0 Å². The Morgan fingerprint density at radius 3 is 2.62 bits per heavy atom. The van der Waals surface area contributed by atoms with Gasteiger partial charge in [-0.05, 0) is 44.2 Å². The van der Waals surface area contributed by atoms with Crippen molar-refractivity contribution in [2.45, 2.75) is 20.0 Å². The van der Waals surface area contributed by atoms with Gasteiger partial charge in [-0.3, -0.25) is 9.78 Å². The fraction of sp³-hybridized carbons (Fsp3) is 0.200. The Labute approximate surface area is 133 Å². The molecule has 110 valence electrons. The summed E-state index contributed by atoms with van der Waals surface area (Å²) < 4.78 is 5.53. The maximum atomic E-state index is 12.0. The van der Waals surface area contributed by atoms with Crippen molar-refractivity contribution in [3.63, 3.8) is 0 Å². The molecule has 0 saturated heterocycles. The number of hydrogen-bond acceptors (Lipinski definition) is 3. The monoisotopic (exact) mass is 324 g/mol. The quantitative estimate of drug-likeness (QED) is 0.905. The van der Waals surface area contributed by atoms with E-state index in [1.54, 1.807) is 24.3 Å². The summed E-state index contributed by atoms with van der Waals surface area (Å²) in [5.41, 5.74) is 0.795. The standard InChI is InChI=1S/C15H14Cl2N2O2/c1-9(2)21-14-4-3-11(8-12(14)17)19-15(20)13-7-10(16)5-6-18-13/h3-9H,1-2H3,(H,19,20). The van der Waals surface area contributed by atoms with Crippen LogP contribution in [0.3, 0.4) is 0 Å². The van der Waals surface area contributed by atoms with Gasteiger partial charge in [0.1, 0.15) is 11.4 Å². The second kappa shape index (κ2) is 6.78. The summed E-state index contributed by atoms with van der Waals surface area (Å²) >= 11 is 11.9. The number of halogens is 2. The molecular weight excluding hydrogens is 311 g/mol. The van der Waals surface area contributed by atoms with Crippen LogP contribution in [0.25, 0.3) is 0 Å². The van der Waals surface area contributed by atoms with Crippen LogP contribution in [0.1, 0.15) is 24.3 Å². The number of benzene rings is 1. The molecule has 0 bridgehead atoms. The van der Waals surface area contributed by atoms with E-state index in [1.807, 2.05) is 13.8 Å². The largest absolute Gasteiger partial charge is 0.489 e. The highest BCUT2D eigenvalue weighted by atomic mass is 35.5. The molecule has 2 rings (SSSR count). The number of pyridine rings is 1. The molecule has 0 aliphatic heterocycles. The van der Waals surface area contributed by atoms with Crippen molar-refractivity contribution in [1.29, 1.82) is 0 Å². The molecule has 21 heavy (non-hydrogen) atoms. The number of nitrogens with zero attached hydrogens (tertiary/aromatic N) is 1. The molecule has 0 aliphatic carbocycles. The Morgan fingerprint density at radius 2 is 2.00 bits per heavy atom. The zero-order valence-electron chi connectivity index (χ0n) is 11.6. The Balaban J connectivity index is 2.13. The molecule has 1 aromatic heterocycles. The fourth-order valence-corrected chi connectivity index (χ4v) is 2.04. The van der Waals surface area contributed by atoms with E-state index < -0.39 is 0 Å². The molecule has 1 heterocycles. The number of carbonyl (C=O) groups is 1. The normalized spacial score (nSPS) is 10.5. The third-order valence-electron chi connectivity index (χ3n) is 2.51. The summed E-state index contributed by atoms with van der Waals surface area (Å²) in [5, 5.41) is 3.59. The number of amides is 1. The van der Waals surface area contributed by atoms with Crippen LogP contribution in [0.4, 0.5) is 5.69 Å². The highest BCUT2D eigenvalue weighted by molar-refractivity contribution is 6.32. The zero-order valence-corrected chi connectivity index (χ0v) is 13.1. The first-order chi connectivity index (χ1) is 9.95. The van der Waals surface area contributed by atoms with Gasteiger partial charge in [0, 0.05) is 16.9 Å². The van der Waals surface area contributed by atoms with Gasteiger partial charge in [0.05, 0.1) is 11.1 Å². The van der Waals surface area contributed by atoms with Crippen LogP contribution in [0.5, 0.6) is 5.75 Å². The minimum atomic E-state index is -0.355. The molecule has 6 heteroatoms. The summed E-state index contributed by atoms with van der Waals surface area (Å²) in [6, 6.07) is 8.15. The van der Waals surface area contributed by atoms with E-state index in [9.17, 15) is 4.79 Å². The first kappa shape index (κ1) is 15.6. The van der Waals surface area contributed by atoms with Gasteiger partial charge in [-0.25, -0.2) is 0 Å². The van der Waals surface area contributed by atoms with Gasteiger partial charge in [0.25, 0.3) is 5.91 Å². The van der Waals surface area contributed by atoms with E-state index in [4.69, 9.17) is 27.9 Å². The lowest BCUT2D eigenvalue weighted by Gasteiger charge is -2.12. The van der Waals surface area contributed by atoms with E-state index in [1.165, 1.54) is 12.3 Å². The molecule has 0 radical (unpaired) electrons. The van der Waals surface area contributed by atoms with Gasteiger partial charge < -0.3 is 10.1 Å². The third kappa shape index (κ3) is 4.34. The van der Waals surface area contributed by atoms with Crippen LogP contribution >= 0.6 is 23.2 Å². The van der Waals surface area contributed by atoms with E-state index in [0.717, 1.165) is 0 Å². The molecule has 0 atom stereocenters. The van der Waals surface area contributed by atoms with Crippen LogP contribution < -0.4 is 10.1 Å². The molecule has 1 N–H and O–H groups in total. The molecule has 2 aromatic rings. The number of ether oxygens (including phenoxy) is 1. The van der Waals surface area contributed by atoms with Gasteiger partial charge in [-0.1, -0.05) is 23.2 Å². The Hall–Kier alpha value is -1.78. The average molecular weight is 325 g/mol. The number of carbonyl (C=O) groups excluding carboxylic acids is 1. The van der Waals surface area contributed by atoms with Crippen LogP contribution in [-0.4, -0.2) is 17.0 Å². The van der Waals surface area contributed by atoms with Crippen LogP contribution in [0.2, 0.25) is 10.0 Å². The maximum absolute atomic E-state index is 12.0. The lowest BCUT2D eigenvalue weighted by molar-refractivity contribution is 0.102. The van der Waals surface area contributed by atoms with E-state index in [2.05, 4.69) is 10.3 Å². The summed E-state index contributed by atoms with van der Waals surface area (Å²) in [7, 11) is 0. The van der Waals surface area contributed by atoms with Gasteiger partial charge in [0.15, 0.2) is 0 Å². The predicted molar refractivity (Wildman–Crippen MR) is 84.4 cm³/mol. The van der Waals surface area contributed by atoms with Gasteiger partial charge in [0.2, 0.25) is 0 Å². The summed E-state index contributed by atoms with van der Waals surface area (Å²) in [6.07, 6.45) is 1.50. The summed E-state index contributed by atoms with van der Waals surface area (Å²) in [5.74, 6) is 0.219. The van der Waals surface area contributed by atoms with Gasteiger partial charge in [-0.15, -0.1) is 0 Å². The molecule has 0 unspecified atom stereocenters. The second-order valence-corrected chi connectivity index (χ2v) is 5.47. The number of rotatable bonds is 4. The highest BCUT2D eigenvalue weighted by Gasteiger charge is 2.10. The number of hydrogen-bond donors (Lipinski definition) is 1. The topological polar surface area (TPSA) is 51.2 Å². The lowest BCUT2D eigenvalue weighted by atomic mass is 10.2. The number of aromatic nitrogens is 1. The van der Waals surface area contributed by atoms with Crippen LogP contribution in [0.15, 0.2) is 36.5 Å². The zero-order chi connectivity index (χ0) is 15.4. The first-order valence-corrected chi connectivity index (χ1v) is 7.10. The molecule has 0 spiro atoms. The molecule has 4 nitrogen and oxygen atoms in total. The fourth-order valence-electron chi connectivity index (χ4n) is 1.65. The number of nitrogens with one attached hydrogen (secondary N) is 1. The summed E-state index contributed by atoms with van der Waals surface area (Å²) in [4.78, 5) is 16.0. The van der Waals surface area contributed by atoms with Crippen molar-refractivity contribution < 1.29 is 9.53 Å². The van der Waals surface area contributed by atoms with Crippen molar-refractivity contribution in [2.24, 2.45) is 0 Å². The minimum Gasteiger partial charge on any atom is -0.489 e. The minimum absolute atomic E-state index is 0.0265. The average Bonchev–Trinajstić information content (AvgIpc) is 2.41. The molecular formula is C15H14Cl2N2O2. The third-order valence-corrected chi connectivity index (χ3v) is 3.04. The lowest BCUT2D eigenvalue weighted by Crippen LogP contribution is -2.13. The second-order valence-electron chi connectivity index (χ2n) is 4.63. The van der Waals surface area contributed by atoms with E-state index in [0.29, 0.717) is 21.5 Å². The van der Waals surface area contributed by atoms with Gasteiger partial charge in [-0.2, -0.15) is 0 Å². The smallest absolute Gasteiger partial charge is 0.274 e.